The monoisotopic (exact) mass is 352 g/mol. The van der Waals surface area contributed by atoms with Gasteiger partial charge in [0.25, 0.3) is 5.91 Å². The van der Waals surface area contributed by atoms with Gasteiger partial charge in [0, 0.05) is 24.0 Å². The molecule has 0 aliphatic heterocycles. The highest BCUT2D eigenvalue weighted by atomic mass is 19.4. The zero-order valence-corrected chi connectivity index (χ0v) is 13.5. The van der Waals surface area contributed by atoms with Crippen molar-refractivity contribution in [3.05, 3.63) is 53.6 Å². The number of halogens is 3. The van der Waals surface area contributed by atoms with Crippen LogP contribution in [0.3, 0.4) is 0 Å². The number of hydrogen-bond donors (Lipinski definition) is 1. The lowest BCUT2D eigenvalue weighted by Crippen LogP contribution is -2.26. The van der Waals surface area contributed by atoms with Crippen molar-refractivity contribution in [2.24, 2.45) is 0 Å². The maximum absolute atomic E-state index is 12.5. The fourth-order valence-corrected chi connectivity index (χ4v) is 2.50. The van der Waals surface area contributed by atoms with Crippen molar-refractivity contribution >= 4 is 16.8 Å². The molecule has 3 aromatic rings. The van der Waals surface area contributed by atoms with Crippen LogP contribution in [0.4, 0.5) is 13.2 Å². The first-order valence-corrected chi connectivity index (χ1v) is 7.40. The molecule has 1 amide bonds. The molecule has 0 radical (unpaired) electrons. The average molecular weight is 352 g/mol. The van der Waals surface area contributed by atoms with Gasteiger partial charge in [0.2, 0.25) is 0 Å². The van der Waals surface area contributed by atoms with Gasteiger partial charge in [0.1, 0.15) is 23.0 Å². The van der Waals surface area contributed by atoms with E-state index in [-0.39, 0.29) is 23.9 Å². The fraction of sp³-hybridized carbons (Fsp3) is 0.235. The molecule has 3 rings (SSSR count). The first-order chi connectivity index (χ1) is 11.7. The number of aryl methyl sites for hydroxylation is 1. The van der Waals surface area contributed by atoms with Gasteiger partial charge in [-0.2, -0.15) is 0 Å². The molecule has 2 aromatic heterocycles. The highest BCUT2D eigenvalue weighted by Gasteiger charge is 2.31. The lowest BCUT2D eigenvalue weighted by Gasteiger charge is -2.14. The van der Waals surface area contributed by atoms with E-state index in [4.69, 9.17) is 4.42 Å². The molecule has 0 saturated carbocycles. The highest BCUT2D eigenvalue weighted by molar-refractivity contribution is 5.98. The minimum absolute atomic E-state index is 0.268. The quantitative estimate of drug-likeness (QED) is 0.764. The van der Waals surface area contributed by atoms with Gasteiger partial charge in [-0.3, -0.25) is 4.79 Å². The number of benzene rings is 1. The number of alkyl halides is 3. The van der Waals surface area contributed by atoms with E-state index in [0.29, 0.717) is 16.7 Å². The van der Waals surface area contributed by atoms with Crippen LogP contribution < -0.4 is 4.74 Å². The Kier molecular flexibility index (Phi) is 4.20. The minimum Gasteiger partial charge on any atom is -0.464 e. The number of nitrogens with one attached hydrogen (secondary N) is 1. The topological polar surface area (TPSA) is 58.5 Å². The first kappa shape index (κ1) is 16.9. The number of hydrogen-bond acceptors (Lipinski definition) is 3. The summed E-state index contributed by atoms with van der Waals surface area (Å²) in [5, 5.41) is 0.611. The van der Waals surface area contributed by atoms with Crippen LogP contribution in [-0.4, -0.2) is 29.2 Å². The van der Waals surface area contributed by atoms with Crippen LogP contribution in [0.1, 0.15) is 22.0 Å². The maximum atomic E-state index is 12.5. The van der Waals surface area contributed by atoms with Gasteiger partial charge in [0.15, 0.2) is 0 Å². The molecule has 0 spiro atoms. The Morgan fingerprint density at radius 3 is 2.64 bits per heavy atom. The lowest BCUT2D eigenvalue weighted by atomic mass is 10.2. The van der Waals surface area contributed by atoms with Crippen LogP contribution in [0.25, 0.3) is 10.9 Å². The molecule has 0 bridgehead atoms. The minimum atomic E-state index is -4.76. The summed E-state index contributed by atoms with van der Waals surface area (Å²) in [6, 6.07) is 9.03. The SMILES string of the molecule is Cc1ccc(CN(C)C(=O)c2cc3ccc(OC(F)(F)F)cc3[nH]2)o1. The number of carbonyl (C=O) groups excluding carboxylic acids is 1. The smallest absolute Gasteiger partial charge is 0.464 e. The highest BCUT2D eigenvalue weighted by Crippen LogP contribution is 2.27. The summed E-state index contributed by atoms with van der Waals surface area (Å²) in [6.45, 7) is 2.09. The Morgan fingerprint density at radius 2 is 2.00 bits per heavy atom. The normalized spacial score (nSPS) is 11.7. The van der Waals surface area contributed by atoms with Crippen molar-refractivity contribution in [3.63, 3.8) is 0 Å². The van der Waals surface area contributed by atoms with Gasteiger partial charge >= 0.3 is 6.36 Å². The molecular weight excluding hydrogens is 337 g/mol. The Labute approximate surface area is 141 Å². The van der Waals surface area contributed by atoms with Crippen molar-refractivity contribution < 1.29 is 27.1 Å². The zero-order valence-electron chi connectivity index (χ0n) is 13.5. The van der Waals surface area contributed by atoms with Gasteiger partial charge in [-0.25, -0.2) is 0 Å². The van der Waals surface area contributed by atoms with Crippen molar-refractivity contribution in [1.82, 2.24) is 9.88 Å². The van der Waals surface area contributed by atoms with Gasteiger partial charge in [-0.1, -0.05) is 0 Å². The van der Waals surface area contributed by atoms with E-state index < -0.39 is 6.36 Å². The molecule has 0 aliphatic rings. The predicted octanol–water partition coefficient (Wildman–Crippen LogP) is 4.24. The second-order valence-corrected chi connectivity index (χ2v) is 5.65. The Hall–Kier alpha value is -2.90. The summed E-state index contributed by atoms with van der Waals surface area (Å²) >= 11 is 0. The summed E-state index contributed by atoms with van der Waals surface area (Å²) in [6.07, 6.45) is -4.76. The summed E-state index contributed by atoms with van der Waals surface area (Å²) < 4.78 is 46.2. The van der Waals surface area contributed by atoms with E-state index in [2.05, 4.69) is 9.72 Å². The molecular formula is C17H15F3N2O3. The number of aromatic nitrogens is 1. The van der Waals surface area contributed by atoms with Crippen LogP contribution in [0.15, 0.2) is 40.8 Å². The number of rotatable bonds is 4. The number of carbonyl (C=O) groups is 1. The van der Waals surface area contributed by atoms with Crippen LogP contribution in [-0.2, 0) is 6.54 Å². The van der Waals surface area contributed by atoms with Crippen molar-refractivity contribution in [2.45, 2.75) is 19.8 Å². The Morgan fingerprint density at radius 1 is 1.24 bits per heavy atom. The van der Waals surface area contributed by atoms with Crippen molar-refractivity contribution in [2.75, 3.05) is 7.05 Å². The van der Waals surface area contributed by atoms with Gasteiger partial charge in [-0.05, 0) is 37.3 Å². The van der Waals surface area contributed by atoms with Crippen molar-refractivity contribution in [3.8, 4) is 5.75 Å². The Balaban J connectivity index is 1.79. The van der Waals surface area contributed by atoms with Gasteiger partial charge < -0.3 is 19.0 Å². The number of ether oxygens (including phenoxy) is 1. The molecule has 132 valence electrons. The predicted molar refractivity (Wildman–Crippen MR) is 84.2 cm³/mol. The number of furan rings is 1. The number of nitrogens with zero attached hydrogens (tertiary/aromatic N) is 1. The molecule has 8 heteroatoms. The summed E-state index contributed by atoms with van der Waals surface area (Å²) in [5.74, 6) is 0.743. The van der Waals surface area contributed by atoms with Gasteiger partial charge in [-0.15, -0.1) is 13.2 Å². The third-order valence-electron chi connectivity index (χ3n) is 3.59. The molecule has 0 fully saturated rings. The van der Waals surface area contributed by atoms with Crippen LogP contribution in [0, 0.1) is 6.92 Å². The third-order valence-corrected chi connectivity index (χ3v) is 3.59. The number of fused-ring (bicyclic) bond motifs is 1. The van der Waals surface area contributed by atoms with E-state index in [1.54, 1.807) is 25.2 Å². The molecule has 0 aliphatic carbocycles. The van der Waals surface area contributed by atoms with Crippen LogP contribution >= 0.6 is 0 Å². The van der Waals surface area contributed by atoms with E-state index in [9.17, 15) is 18.0 Å². The number of amides is 1. The Bertz CT molecular complexity index is 911. The second-order valence-electron chi connectivity index (χ2n) is 5.65. The van der Waals surface area contributed by atoms with Crippen LogP contribution in [0.2, 0.25) is 0 Å². The second kappa shape index (κ2) is 6.19. The molecule has 1 aromatic carbocycles. The first-order valence-electron chi connectivity index (χ1n) is 7.40. The number of aromatic amines is 1. The lowest BCUT2D eigenvalue weighted by molar-refractivity contribution is -0.274. The van der Waals surface area contributed by atoms with Gasteiger partial charge in [0.05, 0.1) is 6.54 Å². The third kappa shape index (κ3) is 3.96. The van der Waals surface area contributed by atoms with E-state index in [0.717, 1.165) is 5.76 Å². The largest absolute Gasteiger partial charge is 0.573 e. The molecule has 25 heavy (non-hydrogen) atoms. The zero-order chi connectivity index (χ0) is 18.2. The molecule has 2 heterocycles. The summed E-state index contributed by atoms with van der Waals surface area (Å²) in [4.78, 5) is 16.8. The summed E-state index contributed by atoms with van der Waals surface area (Å²) in [7, 11) is 1.61. The van der Waals surface area contributed by atoms with E-state index in [1.165, 1.54) is 23.1 Å². The standard InChI is InChI=1S/C17H15F3N2O3/c1-10-3-5-13(24-10)9-22(2)16(23)15-7-11-4-6-12(8-14(11)21-15)25-17(18,19)20/h3-8,21H,9H2,1-2H3. The molecule has 0 saturated heterocycles. The molecule has 0 unspecified atom stereocenters. The van der Waals surface area contributed by atoms with Crippen molar-refractivity contribution in [1.29, 1.82) is 0 Å². The molecule has 0 atom stereocenters. The average Bonchev–Trinajstić information content (AvgIpc) is 3.10. The molecule has 1 N–H and O–H groups in total. The van der Waals surface area contributed by atoms with E-state index in [1.807, 2.05) is 6.92 Å². The fourth-order valence-electron chi connectivity index (χ4n) is 2.50. The van der Waals surface area contributed by atoms with Crippen LogP contribution in [0.5, 0.6) is 5.75 Å². The number of H-pyrrole nitrogens is 1. The van der Waals surface area contributed by atoms with E-state index >= 15 is 0 Å². The maximum Gasteiger partial charge on any atom is 0.573 e. The summed E-state index contributed by atoms with van der Waals surface area (Å²) in [5.41, 5.74) is 0.650. The molecule has 5 nitrogen and oxygen atoms in total.